The fourth-order valence-corrected chi connectivity index (χ4v) is 2.87. The van der Waals surface area contributed by atoms with E-state index in [9.17, 15) is 14.7 Å². The average Bonchev–Trinajstić information content (AvgIpc) is 3.04. The molecule has 0 saturated carbocycles. The molecule has 2 aromatic heterocycles. The number of nitrogens with zero attached hydrogens (tertiary/aromatic N) is 6. The maximum absolute atomic E-state index is 12.5. The summed E-state index contributed by atoms with van der Waals surface area (Å²) < 4.78 is 3.82. The van der Waals surface area contributed by atoms with Crippen molar-refractivity contribution in [2.45, 2.75) is 6.54 Å². The van der Waals surface area contributed by atoms with Crippen LogP contribution in [0.4, 0.5) is 11.6 Å². The van der Waals surface area contributed by atoms with Crippen molar-refractivity contribution >= 4 is 29.0 Å². The summed E-state index contributed by atoms with van der Waals surface area (Å²) in [6.07, 6.45) is 1.62. The van der Waals surface area contributed by atoms with Crippen LogP contribution in [0, 0.1) is 0 Å². The van der Waals surface area contributed by atoms with Crippen LogP contribution in [0.2, 0.25) is 0 Å². The number of aromatic nitrogens is 4. The maximum atomic E-state index is 12.5. The summed E-state index contributed by atoms with van der Waals surface area (Å²) in [6.45, 7) is -0.0544. The molecule has 2 heterocycles. The third kappa shape index (κ3) is 3.41. The molecule has 0 amide bonds. The lowest BCUT2D eigenvalue weighted by Gasteiger charge is -2.11. The van der Waals surface area contributed by atoms with Crippen molar-refractivity contribution in [3.05, 3.63) is 50.7 Å². The van der Waals surface area contributed by atoms with E-state index in [1.807, 2.05) is 43.3 Å². The van der Waals surface area contributed by atoms with Crippen molar-refractivity contribution in [3.63, 3.8) is 0 Å². The Morgan fingerprint density at radius 2 is 1.86 bits per heavy atom. The number of aliphatic hydroxyl groups is 1. The van der Waals surface area contributed by atoms with E-state index in [1.165, 1.54) is 16.2 Å². The molecule has 3 aromatic rings. The number of hydrogen-bond donors (Lipinski definition) is 2. The highest BCUT2D eigenvalue weighted by molar-refractivity contribution is 5.81. The number of imidazole rings is 1. The summed E-state index contributed by atoms with van der Waals surface area (Å²) in [6, 6.07) is 7.80. The van der Waals surface area contributed by atoms with Crippen LogP contribution in [0.1, 0.15) is 5.56 Å². The number of hydrogen-bond acceptors (Lipinski definition) is 7. The predicted molar refractivity (Wildman–Crippen MR) is 109 cm³/mol. The van der Waals surface area contributed by atoms with E-state index in [4.69, 9.17) is 0 Å². The highest BCUT2D eigenvalue weighted by Crippen LogP contribution is 2.15. The lowest BCUT2D eigenvalue weighted by molar-refractivity contribution is 0.278. The minimum absolute atomic E-state index is 0.138. The topological polar surface area (TPSA) is 110 Å². The Bertz CT molecular complexity index is 1140. The van der Waals surface area contributed by atoms with E-state index in [0.29, 0.717) is 0 Å². The van der Waals surface area contributed by atoms with Crippen molar-refractivity contribution in [3.8, 4) is 0 Å². The zero-order valence-corrected chi connectivity index (χ0v) is 16.2. The van der Waals surface area contributed by atoms with Crippen molar-refractivity contribution in [1.82, 2.24) is 18.7 Å². The van der Waals surface area contributed by atoms with Gasteiger partial charge in [-0.3, -0.25) is 13.9 Å². The van der Waals surface area contributed by atoms with Crippen molar-refractivity contribution in [1.29, 1.82) is 0 Å². The fraction of sp³-hybridized carbons (Fsp3) is 0.333. The van der Waals surface area contributed by atoms with Gasteiger partial charge in [-0.15, -0.1) is 0 Å². The van der Waals surface area contributed by atoms with Gasteiger partial charge in [-0.05, 0) is 17.7 Å². The van der Waals surface area contributed by atoms with E-state index in [0.717, 1.165) is 15.8 Å². The zero-order valence-electron chi connectivity index (χ0n) is 16.2. The van der Waals surface area contributed by atoms with Gasteiger partial charge in [0.05, 0.1) is 12.8 Å². The number of benzene rings is 1. The third-order valence-corrected chi connectivity index (χ3v) is 4.46. The first kappa shape index (κ1) is 19.4. The molecule has 0 radical (unpaired) electrons. The van der Waals surface area contributed by atoms with Crippen molar-refractivity contribution in [2.24, 2.45) is 19.2 Å². The molecule has 0 atom stereocenters. The van der Waals surface area contributed by atoms with Gasteiger partial charge in [0.25, 0.3) is 5.56 Å². The SMILES string of the molecule is CN(C)c1ccc(/C=N/Nc2nc3c(c(=O)n(C)c(=O)n3C)n2CCO)cc1. The number of rotatable bonds is 6. The van der Waals surface area contributed by atoms with E-state index in [1.54, 1.807) is 13.3 Å². The summed E-state index contributed by atoms with van der Waals surface area (Å²) in [4.78, 5) is 31.0. The van der Waals surface area contributed by atoms with Gasteiger partial charge >= 0.3 is 5.69 Å². The molecular formula is C18H23N7O3. The molecule has 2 N–H and O–H groups in total. The molecule has 0 bridgehead atoms. The summed E-state index contributed by atoms with van der Waals surface area (Å²) in [7, 11) is 6.88. The second-order valence-corrected chi connectivity index (χ2v) is 6.54. The van der Waals surface area contributed by atoms with Crippen LogP contribution in [0.15, 0.2) is 39.0 Å². The van der Waals surface area contributed by atoms with Crippen LogP contribution in [0.3, 0.4) is 0 Å². The molecule has 0 unspecified atom stereocenters. The first-order valence-electron chi connectivity index (χ1n) is 8.68. The van der Waals surface area contributed by atoms with E-state index in [-0.39, 0.29) is 30.3 Å². The molecule has 0 fully saturated rings. The largest absolute Gasteiger partial charge is 0.395 e. The van der Waals surface area contributed by atoms with Crippen molar-refractivity contribution < 1.29 is 5.11 Å². The van der Waals surface area contributed by atoms with Gasteiger partial charge in [0.1, 0.15) is 0 Å². The number of nitrogens with one attached hydrogen (secondary N) is 1. The lowest BCUT2D eigenvalue weighted by atomic mass is 10.2. The van der Waals surface area contributed by atoms with Gasteiger partial charge in [-0.1, -0.05) is 12.1 Å². The molecule has 0 aliphatic rings. The van der Waals surface area contributed by atoms with Crippen LogP contribution in [-0.4, -0.2) is 50.7 Å². The molecule has 0 spiro atoms. The summed E-state index contributed by atoms with van der Waals surface area (Å²) in [5.41, 5.74) is 4.27. The van der Waals surface area contributed by atoms with E-state index < -0.39 is 11.2 Å². The van der Waals surface area contributed by atoms with Gasteiger partial charge in [-0.2, -0.15) is 10.1 Å². The molecule has 28 heavy (non-hydrogen) atoms. The monoisotopic (exact) mass is 385 g/mol. The van der Waals surface area contributed by atoms with Crippen LogP contribution < -0.4 is 21.6 Å². The first-order valence-corrected chi connectivity index (χ1v) is 8.68. The Kier molecular flexibility index (Phi) is 5.32. The number of aryl methyl sites for hydroxylation is 1. The molecule has 1 aromatic carbocycles. The van der Waals surface area contributed by atoms with Crippen LogP contribution >= 0.6 is 0 Å². The minimum atomic E-state index is -0.477. The molecular weight excluding hydrogens is 362 g/mol. The van der Waals surface area contributed by atoms with Gasteiger partial charge in [0, 0.05) is 40.4 Å². The number of anilines is 2. The predicted octanol–water partition coefficient (Wildman–Crippen LogP) is -0.0620. The van der Waals surface area contributed by atoms with Gasteiger partial charge < -0.3 is 14.6 Å². The Labute approximate surface area is 161 Å². The molecule has 3 rings (SSSR count). The number of hydrazone groups is 1. The van der Waals surface area contributed by atoms with Crippen molar-refractivity contribution in [2.75, 3.05) is 31.0 Å². The first-order chi connectivity index (χ1) is 13.3. The smallest absolute Gasteiger partial charge is 0.332 e. The van der Waals surface area contributed by atoms with Crippen LogP contribution in [0.5, 0.6) is 0 Å². The molecule has 0 aliphatic heterocycles. The standard InChI is InChI=1S/C18H23N7O3/c1-22(2)13-7-5-12(6-8-13)11-19-21-17-20-15-14(25(17)9-10-26)16(27)24(4)18(28)23(15)3/h5-8,11,26H,9-10H2,1-4H3,(H,20,21)/b19-11+. The molecule has 10 heteroatoms. The second-order valence-electron chi connectivity index (χ2n) is 6.54. The molecule has 0 aliphatic carbocycles. The minimum Gasteiger partial charge on any atom is -0.395 e. The molecule has 148 valence electrons. The quantitative estimate of drug-likeness (QED) is 0.454. The fourth-order valence-electron chi connectivity index (χ4n) is 2.87. The van der Waals surface area contributed by atoms with Crippen LogP contribution in [-0.2, 0) is 20.6 Å². The van der Waals surface area contributed by atoms with E-state index in [2.05, 4.69) is 15.5 Å². The summed E-state index contributed by atoms with van der Waals surface area (Å²) in [5.74, 6) is 0.267. The second kappa shape index (κ2) is 7.69. The van der Waals surface area contributed by atoms with Gasteiger partial charge in [0.15, 0.2) is 11.2 Å². The molecule has 10 nitrogen and oxygen atoms in total. The van der Waals surface area contributed by atoms with E-state index >= 15 is 0 Å². The Balaban J connectivity index is 1.97. The maximum Gasteiger partial charge on any atom is 0.332 e. The zero-order chi connectivity index (χ0) is 20.4. The normalized spacial score (nSPS) is 11.5. The van der Waals surface area contributed by atoms with Crippen LogP contribution in [0.25, 0.3) is 11.2 Å². The lowest BCUT2D eigenvalue weighted by Crippen LogP contribution is -2.37. The Morgan fingerprint density at radius 1 is 1.18 bits per heavy atom. The number of fused-ring (bicyclic) bond motifs is 1. The third-order valence-electron chi connectivity index (χ3n) is 4.46. The average molecular weight is 385 g/mol. The number of aliphatic hydroxyl groups excluding tert-OH is 1. The van der Waals surface area contributed by atoms with Gasteiger partial charge in [-0.25, -0.2) is 10.2 Å². The van der Waals surface area contributed by atoms with Gasteiger partial charge in [0.2, 0.25) is 5.95 Å². The summed E-state index contributed by atoms with van der Waals surface area (Å²) >= 11 is 0. The Hall–Kier alpha value is -3.40. The Morgan fingerprint density at radius 3 is 2.46 bits per heavy atom. The highest BCUT2D eigenvalue weighted by Gasteiger charge is 2.18. The summed E-state index contributed by atoms with van der Waals surface area (Å²) in [5, 5.41) is 13.6. The molecule has 0 saturated heterocycles. The highest BCUT2D eigenvalue weighted by atomic mass is 16.3.